The Labute approximate surface area is 103 Å². The standard InChI is InChI=1S/C12H14F3NO2/c13-12(14,15)18-10-3-1-2-8(6-10)11(7-17)16-9-4-5-9/h1-3,6,9,11,16-17H,4-5,7H2. The number of aliphatic hydroxyl groups is 1. The van der Waals surface area contributed by atoms with Crippen molar-refractivity contribution < 1.29 is 23.0 Å². The fourth-order valence-corrected chi connectivity index (χ4v) is 1.72. The summed E-state index contributed by atoms with van der Waals surface area (Å²) in [5.41, 5.74) is 0.589. The Morgan fingerprint density at radius 3 is 2.67 bits per heavy atom. The molecular weight excluding hydrogens is 247 g/mol. The maximum absolute atomic E-state index is 12.1. The van der Waals surface area contributed by atoms with Crippen molar-refractivity contribution in [3.63, 3.8) is 0 Å². The monoisotopic (exact) mass is 261 g/mol. The van der Waals surface area contributed by atoms with E-state index in [-0.39, 0.29) is 18.4 Å². The van der Waals surface area contributed by atoms with Gasteiger partial charge < -0.3 is 15.2 Å². The van der Waals surface area contributed by atoms with E-state index in [4.69, 9.17) is 0 Å². The van der Waals surface area contributed by atoms with E-state index in [0.717, 1.165) is 12.8 Å². The van der Waals surface area contributed by atoms with Gasteiger partial charge in [0.05, 0.1) is 12.6 Å². The molecule has 1 aliphatic rings. The van der Waals surface area contributed by atoms with Gasteiger partial charge in [0, 0.05) is 6.04 Å². The van der Waals surface area contributed by atoms with Crippen molar-refractivity contribution in [2.45, 2.75) is 31.3 Å². The second kappa shape index (κ2) is 5.16. The van der Waals surface area contributed by atoms with E-state index in [0.29, 0.717) is 11.6 Å². The first-order chi connectivity index (χ1) is 8.48. The summed E-state index contributed by atoms with van der Waals surface area (Å²) in [4.78, 5) is 0. The maximum Gasteiger partial charge on any atom is 0.573 e. The molecule has 2 N–H and O–H groups in total. The molecule has 0 bridgehead atoms. The number of alkyl halides is 3. The maximum atomic E-state index is 12.1. The van der Waals surface area contributed by atoms with E-state index in [1.807, 2.05) is 0 Å². The average molecular weight is 261 g/mol. The fourth-order valence-electron chi connectivity index (χ4n) is 1.72. The van der Waals surface area contributed by atoms with E-state index in [1.165, 1.54) is 18.2 Å². The van der Waals surface area contributed by atoms with Crippen LogP contribution >= 0.6 is 0 Å². The number of benzene rings is 1. The largest absolute Gasteiger partial charge is 0.573 e. The van der Waals surface area contributed by atoms with Crippen LogP contribution in [0.1, 0.15) is 24.4 Å². The van der Waals surface area contributed by atoms with Crippen molar-refractivity contribution in [2.75, 3.05) is 6.61 Å². The lowest BCUT2D eigenvalue weighted by molar-refractivity contribution is -0.274. The van der Waals surface area contributed by atoms with Crippen molar-refractivity contribution in [2.24, 2.45) is 0 Å². The number of ether oxygens (including phenoxy) is 1. The Morgan fingerprint density at radius 2 is 2.11 bits per heavy atom. The van der Waals surface area contributed by atoms with Crippen LogP contribution in [0.5, 0.6) is 5.75 Å². The highest BCUT2D eigenvalue weighted by Crippen LogP contribution is 2.28. The smallest absolute Gasteiger partial charge is 0.406 e. The predicted molar refractivity (Wildman–Crippen MR) is 59.1 cm³/mol. The van der Waals surface area contributed by atoms with Gasteiger partial charge in [-0.2, -0.15) is 0 Å². The van der Waals surface area contributed by atoms with Crippen molar-refractivity contribution in [1.29, 1.82) is 0 Å². The minimum atomic E-state index is -4.70. The van der Waals surface area contributed by atoms with Gasteiger partial charge in [0.2, 0.25) is 0 Å². The molecule has 0 spiro atoms. The number of aliphatic hydroxyl groups excluding tert-OH is 1. The van der Waals surface area contributed by atoms with Gasteiger partial charge >= 0.3 is 6.36 Å². The summed E-state index contributed by atoms with van der Waals surface area (Å²) in [6.45, 7) is -0.161. The Kier molecular flexibility index (Phi) is 3.77. The molecule has 0 aliphatic heterocycles. The first-order valence-corrected chi connectivity index (χ1v) is 5.70. The van der Waals surface area contributed by atoms with Gasteiger partial charge in [-0.1, -0.05) is 12.1 Å². The quantitative estimate of drug-likeness (QED) is 0.855. The molecular formula is C12H14F3NO2. The van der Waals surface area contributed by atoms with Crippen molar-refractivity contribution >= 4 is 0 Å². The average Bonchev–Trinajstić information content (AvgIpc) is 3.07. The van der Waals surface area contributed by atoms with Gasteiger partial charge in [-0.25, -0.2) is 0 Å². The summed E-state index contributed by atoms with van der Waals surface area (Å²) in [6.07, 6.45) is -2.62. The van der Waals surface area contributed by atoms with Gasteiger partial charge in [-0.3, -0.25) is 0 Å². The lowest BCUT2D eigenvalue weighted by Gasteiger charge is -2.17. The second-order valence-electron chi connectivity index (χ2n) is 4.30. The first-order valence-electron chi connectivity index (χ1n) is 5.70. The Hall–Kier alpha value is -1.27. The summed E-state index contributed by atoms with van der Waals surface area (Å²) in [5.74, 6) is -0.268. The molecule has 1 aromatic carbocycles. The van der Waals surface area contributed by atoms with Crippen LogP contribution < -0.4 is 10.1 Å². The minimum absolute atomic E-state index is 0.161. The SMILES string of the molecule is OCC(NC1CC1)c1cccc(OC(F)(F)F)c1. The van der Waals surface area contributed by atoms with Gasteiger partial charge in [-0.05, 0) is 30.5 Å². The molecule has 0 radical (unpaired) electrons. The fraction of sp³-hybridized carbons (Fsp3) is 0.500. The highest BCUT2D eigenvalue weighted by atomic mass is 19.4. The second-order valence-corrected chi connectivity index (χ2v) is 4.30. The van der Waals surface area contributed by atoms with Crippen LogP contribution in [-0.2, 0) is 0 Å². The molecule has 1 fully saturated rings. The topological polar surface area (TPSA) is 41.5 Å². The Morgan fingerprint density at radius 1 is 1.39 bits per heavy atom. The molecule has 1 aromatic rings. The third kappa shape index (κ3) is 3.89. The van der Waals surface area contributed by atoms with E-state index >= 15 is 0 Å². The zero-order valence-corrected chi connectivity index (χ0v) is 9.57. The van der Waals surface area contributed by atoms with E-state index < -0.39 is 6.36 Å². The van der Waals surface area contributed by atoms with Crippen LogP contribution in [0.4, 0.5) is 13.2 Å². The van der Waals surface area contributed by atoms with Gasteiger partial charge in [-0.15, -0.1) is 13.2 Å². The number of halogens is 3. The Bertz CT molecular complexity index is 405. The van der Waals surface area contributed by atoms with Crippen LogP contribution in [0.25, 0.3) is 0 Å². The number of hydrogen-bond acceptors (Lipinski definition) is 3. The molecule has 0 heterocycles. The van der Waals surface area contributed by atoms with E-state index in [9.17, 15) is 18.3 Å². The molecule has 18 heavy (non-hydrogen) atoms. The molecule has 1 unspecified atom stereocenters. The lowest BCUT2D eigenvalue weighted by Crippen LogP contribution is -2.26. The Balaban J connectivity index is 2.09. The zero-order valence-electron chi connectivity index (χ0n) is 9.57. The zero-order chi connectivity index (χ0) is 13.2. The third-order valence-electron chi connectivity index (χ3n) is 2.69. The molecule has 2 rings (SSSR count). The van der Waals surface area contributed by atoms with Crippen LogP contribution in [0.2, 0.25) is 0 Å². The van der Waals surface area contributed by atoms with Crippen molar-refractivity contribution in [3.8, 4) is 5.75 Å². The van der Waals surface area contributed by atoms with Crippen LogP contribution in [0, 0.1) is 0 Å². The van der Waals surface area contributed by atoms with Gasteiger partial charge in [0.25, 0.3) is 0 Å². The molecule has 6 heteroatoms. The number of rotatable bonds is 5. The molecule has 1 aliphatic carbocycles. The summed E-state index contributed by atoms with van der Waals surface area (Å²) in [6, 6.07) is 5.68. The van der Waals surface area contributed by atoms with Crippen LogP contribution in [0.15, 0.2) is 24.3 Å². The molecule has 1 atom stereocenters. The van der Waals surface area contributed by atoms with E-state index in [1.54, 1.807) is 6.07 Å². The van der Waals surface area contributed by atoms with E-state index in [2.05, 4.69) is 10.1 Å². The molecule has 0 amide bonds. The predicted octanol–water partition coefficient (Wildman–Crippen LogP) is 2.37. The summed E-state index contributed by atoms with van der Waals surface area (Å²) >= 11 is 0. The van der Waals surface area contributed by atoms with Gasteiger partial charge in [0.15, 0.2) is 0 Å². The van der Waals surface area contributed by atoms with Gasteiger partial charge in [0.1, 0.15) is 5.75 Å². The highest BCUT2D eigenvalue weighted by Gasteiger charge is 2.31. The molecule has 1 saturated carbocycles. The third-order valence-corrected chi connectivity index (χ3v) is 2.69. The number of nitrogens with one attached hydrogen (secondary N) is 1. The summed E-state index contributed by atoms with van der Waals surface area (Å²) in [5, 5.41) is 12.4. The minimum Gasteiger partial charge on any atom is -0.406 e. The first kappa shape index (κ1) is 13.2. The van der Waals surface area contributed by atoms with Crippen LogP contribution in [0.3, 0.4) is 0 Å². The molecule has 0 aromatic heterocycles. The number of hydrogen-bond donors (Lipinski definition) is 2. The normalized spacial score (nSPS) is 17.6. The summed E-state index contributed by atoms with van der Waals surface area (Å²) < 4.78 is 40.1. The highest BCUT2D eigenvalue weighted by molar-refractivity contribution is 5.31. The van der Waals surface area contributed by atoms with Crippen LogP contribution in [-0.4, -0.2) is 24.1 Å². The molecule has 100 valence electrons. The van der Waals surface area contributed by atoms with Crippen molar-refractivity contribution in [3.05, 3.63) is 29.8 Å². The molecule has 3 nitrogen and oxygen atoms in total. The van der Waals surface area contributed by atoms with Crippen molar-refractivity contribution in [1.82, 2.24) is 5.32 Å². The molecule has 0 saturated heterocycles. The summed E-state index contributed by atoms with van der Waals surface area (Å²) in [7, 11) is 0. The lowest BCUT2D eigenvalue weighted by atomic mass is 10.1.